The van der Waals surface area contributed by atoms with Gasteiger partial charge in [-0.2, -0.15) is 0 Å². The topological polar surface area (TPSA) is 30.2 Å². The summed E-state index contributed by atoms with van der Waals surface area (Å²) in [5.41, 5.74) is 1.85. The second kappa shape index (κ2) is 6.17. The first-order chi connectivity index (χ1) is 8.11. The third kappa shape index (κ3) is 3.15. The van der Waals surface area contributed by atoms with Gasteiger partial charge in [0.2, 0.25) is 5.30 Å². The molecule has 0 saturated heterocycles. The summed E-state index contributed by atoms with van der Waals surface area (Å²) in [4.78, 5) is 0. The van der Waals surface area contributed by atoms with E-state index in [1.165, 1.54) is 0 Å². The third-order valence-electron chi connectivity index (χ3n) is 2.35. The standard InChI is InChI=1S/C14H16O2P/c1-5-7-9-13-11(3)16-17(15)12(4)14(13)10-8-6-2/h5-10H,1-2H2,3-4H3/q+1/b9-7-,10-8-. The minimum atomic E-state index is -1.76. The van der Waals surface area contributed by atoms with Crippen LogP contribution in [0.1, 0.15) is 22.2 Å². The van der Waals surface area contributed by atoms with E-state index in [2.05, 4.69) is 13.2 Å². The van der Waals surface area contributed by atoms with Gasteiger partial charge in [0.1, 0.15) is 0 Å². The second-order valence-corrected chi connectivity index (χ2v) is 4.87. The van der Waals surface area contributed by atoms with E-state index in [9.17, 15) is 4.57 Å². The van der Waals surface area contributed by atoms with Crippen molar-refractivity contribution in [2.45, 2.75) is 13.8 Å². The fourth-order valence-electron chi connectivity index (χ4n) is 1.47. The van der Waals surface area contributed by atoms with Crippen LogP contribution >= 0.6 is 7.65 Å². The van der Waals surface area contributed by atoms with Crippen LogP contribution in [0.25, 0.3) is 12.2 Å². The lowest BCUT2D eigenvalue weighted by Crippen LogP contribution is -1.88. The minimum Gasteiger partial charge on any atom is -0.255 e. The number of aryl methyl sites for hydroxylation is 1. The van der Waals surface area contributed by atoms with Gasteiger partial charge in [0.15, 0.2) is 5.76 Å². The Morgan fingerprint density at radius 1 is 1.06 bits per heavy atom. The Balaban J connectivity index is 3.54. The van der Waals surface area contributed by atoms with Gasteiger partial charge in [-0.15, -0.1) is 0 Å². The molecule has 1 heterocycles. The first kappa shape index (κ1) is 13.4. The molecule has 0 radical (unpaired) electrons. The predicted molar refractivity (Wildman–Crippen MR) is 74.3 cm³/mol. The molecule has 0 N–H and O–H groups in total. The summed E-state index contributed by atoms with van der Waals surface area (Å²) in [5.74, 6) is 0.665. The van der Waals surface area contributed by atoms with E-state index in [4.69, 9.17) is 4.20 Å². The molecule has 0 amide bonds. The molecule has 0 aliphatic carbocycles. The predicted octanol–water partition coefficient (Wildman–Crippen LogP) is 5.04. The maximum atomic E-state index is 11.7. The van der Waals surface area contributed by atoms with Crippen LogP contribution in [0.4, 0.5) is 0 Å². The lowest BCUT2D eigenvalue weighted by molar-refractivity contribution is 0.534. The lowest BCUT2D eigenvalue weighted by Gasteiger charge is -2.00. The normalized spacial score (nSPS) is 12.2. The smallest absolute Gasteiger partial charge is 0.255 e. The Morgan fingerprint density at radius 3 is 2.12 bits per heavy atom. The average Bonchev–Trinajstić information content (AvgIpc) is 2.30. The third-order valence-corrected chi connectivity index (χ3v) is 3.58. The summed E-state index contributed by atoms with van der Waals surface area (Å²) in [7, 11) is -1.76. The highest BCUT2D eigenvalue weighted by atomic mass is 31.1. The Bertz CT molecular complexity index is 548. The molecule has 0 bridgehead atoms. The van der Waals surface area contributed by atoms with Gasteiger partial charge >= 0.3 is 7.65 Å². The zero-order chi connectivity index (χ0) is 12.8. The highest BCUT2D eigenvalue weighted by Crippen LogP contribution is 2.31. The second-order valence-electron chi connectivity index (χ2n) is 3.51. The highest BCUT2D eigenvalue weighted by molar-refractivity contribution is 7.30. The van der Waals surface area contributed by atoms with E-state index in [1.807, 2.05) is 38.2 Å². The van der Waals surface area contributed by atoms with Crippen molar-refractivity contribution >= 4 is 19.8 Å². The van der Waals surface area contributed by atoms with Crippen molar-refractivity contribution in [3.05, 3.63) is 59.6 Å². The summed E-state index contributed by atoms with van der Waals surface area (Å²) >= 11 is 0. The van der Waals surface area contributed by atoms with Crippen molar-refractivity contribution in [3.8, 4) is 0 Å². The molecule has 1 aromatic heterocycles. The van der Waals surface area contributed by atoms with Gasteiger partial charge in [0.05, 0.1) is 0 Å². The molecular weight excluding hydrogens is 231 g/mol. The lowest BCUT2D eigenvalue weighted by atomic mass is 10.1. The molecule has 1 unspecified atom stereocenters. The average molecular weight is 247 g/mol. The van der Waals surface area contributed by atoms with E-state index in [0.717, 1.165) is 16.4 Å². The van der Waals surface area contributed by atoms with Gasteiger partial charge < -0.3 is 0 Å². The van der Waals surface area contributed by atoms with Gasteiger partial charge in [0.25, 0.3) is 0 Å². The first-order valence-corrected chi connectivity index (χ1v) is 6.45. The molecular formula is C14H16O2P+. The van der Waals surface area contributed by atoms with Crippen LogP contribution in [-0.4, -0.2) is 0 Å². The van der Waals surface area contributed by atoms with Crippen molar-refractivity contribution in [3.63, 3.8) is 0 Å². The number of allylic oxidation sites excluding steroid dienone is 4. The van der Waals surface area contributed by atoms with Crippen LogP contribution < -0.4 is 0 Å². The first-order valence-electron chi connectivity index (χ1n) is 5.27. The van der Waals surface area contributed by atoms with E-state index in [1.54, 1.807) is 12.2 Å². The molecule has 0 saturated carbocycles. The summed E-state index contributed by atoms with van der Waals surface area (Å²) in [5, 5.41) is 0.743. The quantitative estimate of drug-likeness (QED) is 0.698. The van der Waals surface area contributed by atoms with Crippen molar-refractivity contribution in [1.29, 1.82) is 0 Å². The van der Waals surface area contributed by atoms with Crippen molar-refractivity contribution in [2.24, 2.45) is 0 Å². The Kier molecular flexibility index (Phi) is 4.86. The van der Waals surface area contributed by atoms with Crippen LogP contribution in [-0.2, 0) is 4.57 Å². The fraction of sp³-hybridized carbons (Fsp3) is 0.143. The molecule has 1 aromatic rings. The Morgan fingerprint density at radius 2 is 1.59 bits per heavy atom. The molecule has 0 fully saturated rings. The molecule has 1 atom stereocenters. The summed E-state index contributed by atoms with van der Waals surface area (Å²) < 4.78 is 17.0. The molecule has 3 heteroatoms. The van der Waals surface area contributed by atoms with E-state index < -0.39 is 7.65 Å². The zero-order valence-corrected chi connectivity index (χ0v) is 11.0. The van der Waals surface area contributed by atoms with Crippen LogP contribution in [0.3, 0.4) is 0 Å². The minimum absolute atomic E-state index is 0.665. The zero-order valence-electron chi connectivity index (χ0n) is 10.1. The van der Waals surface area contributed by atoms with E-state index in [0.29, 0.717) is 5.76 Å². The van der Waals surface area contributed by atoms with Crippen molar-refractivity contribution < 1.29 is 8.76 Å². The largest absolute Gasteiger partial charge is 0.592 e. The van der Waals surface area contributed by atoms with E-state index in [-0.39, 0.29) is 0 Å². The van der Waals surface area contributed by atoms with Gasteiger partial charge in [0, 0.05) is 18.1 Å². The molecule has 0 aliphatic rings. The van der Waals surface area contributed by atoms with Crippen LogP contribution in [0.15, 0.2) is 41.7 Å². The number of hydrogen-bond acceptors (Lipinski definition) is 2. The fourth-order valence-corrected chi connectivity index (χ4v) is 2.35. The van der Waals surface area contributed by atoms with Crippen LogP contribution in [0, 0.1) is 13.8 Å². The maximum absolute atomic E-state index is 11.7. The number of rotatable bonds is 4. The molecule has 0 aliphatic heterocycles. The van der Waals surface area contributed by atoms with Gasteiger partial charge in [-0.05, 0) is 17.6 Å². The van der Waals surface area contributed by atoms with Crippen LogP contribution in [0.5, 0.6) is 0 Å². The maximum Gasteiger partial charge on any atom is 0.592 e. The van der Waals surface area contributed by atoms with Crippen LogP contribution in [0.2, 0.25) is 0 Å². The summed E-state index contributed by atoms with van der Waals surface area (Å²) in [6, 6.07) is 0. The van der Waals surface area contributed by atoms with Gasteiger partial charge in [-0.25, -0.2) is 0 Å². The van der Waals surface area contributed by atoms with Gasteiger partial charge in [-0.3, -0.25) is 4.20 Å². The van der Waals surface area contributed by atoms with Crippen molar-refractivity contribution in [1.82, 2.24) is 0 Å². The van der Waals surface area contributed by atoms with Crippen molar-refractivity contribution in [2.75, 3.05) is 0 Å². The van der Waals surface area contributed by atoms with E-state index >= 15 is 0 Å². The highest BCUT2D eigenvalue weighted by Gasteiger charge is 2.19. The summed E-state index contributed by atoms with van der Waals surface area (Å²) in [6.07, 6.45) is 10.8. The monoisotopic (exact) mass is 247 g/mol. The molecule has 1 rings (SSSR count). The molecule has 17 heavy (non-hydrogen) atoms. The number of hydrogen-bond donors (Lipinski definition) is 0. The SMILES string of the molecule is C=C/C=C\c1c(C)o[p+](=O)c(C)c1/C=C\C=C. The Labute approximate surface area is 103 Å². The molecule has 0 spiro atoms. The molecule has 0 aromatic carbocycles. The van der Waals surface area contributed by atoms with Gasteiger partial charge in [-0.1, -0.05) is 43.5 Å². The molecule has 88 valence electrons. The summed E-state index contributed by atoms with van der Waals surface area (Å²) in [6.45, 7) is 10.9. The Hall–Kier alpha value is -1.66. The molecule has 2 nitrogen and oxygen atoms in total.